The largest absolute Gasteiger partial charge is 0.481 e. The van der Waals surface area contributed by atoms with E-state index in [0.29, 0.717) is 5.69 Å². The van der Waals surface area contributed by atoms with Crippen molar-refractivity contribution in [1.82, 2.24) is 5.32 Å². The van der Waals surface area contributed by atoms with Crippen molar-refractivity contribution in [1.29, 1.82) is 0 Å². The van der Waals surface area contributed by atoms with Gasteiger partial charge in [0.25, 0.3) is 0 Å². The predicted molar refractivity (Wildman–Crippen MR) is 80.9 cm³/mol. The molecule has 0 aliphatic rings. The van der Waals surface area contributed by atoms with Crippen LogP contribution in [0.4, 0.5) is 10.5 Å². The third-order valence-corrected chi connectivity index (χ3v) is 3.79. The maximum atomic E-state index is 11.8. The molecule has 0 aliphatic carbocycles. The molecule has 5 N–H and O–H groups in total. The topological polar surface area (TPSA) is 139 Å². The highest BCUT2D eigenvalue weighted by molar-refractivity contribution is 7.89. The molecule has 0 unspecified atom stereocenters. The van der Waals surface area contributed by atoms with E-state index in [9.17, 15) is 18.0 Å². The summed E-state index contributed by atoms with van der Waals surface area (Å²) in [5.41, 5.74) is -0.304. The van der Waals surface area contributed by atoms with E-state index >= 15 is 0 Å². The number of rotatable bonds is 6. The number of primary sulfonamides is 1. The molecule has 2 amide bonds. The third-order valence-electron chi connectivity index (χ3n) is 2.86. The van der Waals surface area contributed by atoms with Crippen molar-refractivity contribution in [3.05, 3.63) is 24.3 Å². The monoisotopic (exact) mass is 329 g/mol. The molecule has 122 valence electrons. The first kappa shape index (κ1) is 17.9. The van der Waals surface area contributed by atoms with Gasteiger partial charge in [0, 0.05) is 17.6 Å². The zero-order chi connectivity index (χ0) is 17.0. The molecular weight excluding hydrogens is 310 g/mol. The van der Waals surface area contributed by atoms with E-state index in [1.807, 2.05) is 0 Å². The summed E-state index contributed by atoms with van der Waals surface area (Å²) in [6.45, 7) is 3.42. The summed E-state index contributed by atoms with van der Waals surface area (Å²) in [6, 6.07) is 4.85. The number of urea groups is 1. The predicted octanol–water partition coefficient (Wildman–Crippen LogP) is 1.10. The van der Waals surface area contributed by atoms with Crippen molar-refractivity contribution in [3.63, 3.8) is 0 Å². The Balaban J connectivity index is 2.63. The fourth-order valence-electron chi connectivity index (χ4n) is 1.68. The summed E-state index contributed by atoms with van der Waals surface area (Å²) in [5, 5.41) is 18.8. The lowest BCUT2D eigenvalue weighted by molar-refractivity contribution is -0.137. The van der Waals surface area contributed by atoms with Gasteiger partial charge in [0.1, 0.15) is 0 Å². The van der Waals surface area contributed by atoms with E-state index < -0.39 is 27.6 Å². The smallest absolute Gasteiger partial charge is 0.319 e. The van der Waals surface area contributed by atoms with Crippen LogP contribution in [0, 0.1) is 0 Å². The summed E-state index contributed by atoms with van der Waals surface area (Å²) < 4.78 is 22.2. The molecule has 0 heterocycles. The quantitative estimate of drug-likeness (QED) is 0.619. The number of benzene rings is 1. The zero-order valence-electron chi connectivity index (χ0n) is 12.3. The second-order valence-electron chi connectivity index (χ2n) is 5.43. The van der Waals surface area contributed by atoms with Crippen LogP contribution < -0.4 is 15.8 Å². The molecule has 0 aromatic heterocycles. The van der Waals surface area contributed by atoms with Crippen LogP contribution in [0.1, 0.15) is 26.7 Å². The Kier molecular flexibility index (Phi) is 5.50. The highest BCUT2D eigenvalue weighted by Crippen LogP contribution is 2.14. The van der Waals surface area contributed by atoms with Crippen molar-refractivity contribution in [2.75, 3.05) is 5.32 Å². The Morgan fingerprint density at radius 2 is 1.77 bits per heavy atom. The molecule has 0 saturated carbocycles. The van der Waals surface area contributed by atoms with Crippen LogP contribution in [0.2, 0.25) is 0 Å². The summed E-state index contributed by atoms with van der Waals surface area (Å²) in [4.78, 5) is 22.3. The second kappa shape index (κ2) is 6.75. The van der Waals surface area contributed by atoms with Crippen molar-refractivity contribution in [2.45, 2.75) is 37.1 Å². The van der Waals surface area contributed by atoms with Crippen LogP contribution >= 0.6 is 0 Å². The van der Waals surface area contributed by atoms with Crippen molar-refractivity contribution in [2.24, 2.45) is 5.14 Å². The van der Waals surface area contributed by atoms with Gasteiger partial charge in [-0.25, -0.2) is 18.4 Å². The summed E-state index contributed by atoms with van der Waals surface area (Å²) in [6.07, 6.45) is 0.219. The van der Waals surface area contributed by atoms with Crippen molar-refractivity contribution in [3.8, 4) is 0 Å². The molecule has 0 radical (unpaired) electrons. The number of aliphatic carboxylic acids is 1. The number of hydrogen-bond acceptors (Lipinski definition) is 4. The highest BCUT2D eigenvalue weighted by Gasteiger charge is 2.21. The lowest BCUT2D eigenvalue weighted by Crippen LogP contribution is -2.45. The number of anilines is 1. The van der Waals surface area contributed by atoms with Crippen LogP contribution in [0.5, 0.6) is 0 Å². The zero-order valence-corrected chi connectivity index (χ0v) is 13.1. The van der Waals surface area contributed by atoms with Crippen molar-refractivity contribution >= 4 is 27.7 Å². The average Bonchev–Trinajstić information content (AvgIpc) is 2.35. The normalized spacial score (nSPS) is 11.8. The average molecular weight is 329 g/mol. The fourth-order valence-corrected chi connectivity index (χ4v) is 2.20. The summed E-state index contributed by atoms with van der Waals surface area (Å²) in [7, 11) is -3.78. The number of carbonyl (C=O) groups excluding carboxylic acids is 1. The van der Waals surface area contributed by atoms with E-state index in [4.69, 9.17) is 10.2 Å². The maximum Gasteiger partial charge on any atom is 0.319 e. The standard InChI is InChI=1S/C13H19N3O5S/c1-13(2,8-7-11(17)18)16-12(19)15-9-3-5-10(6-4-9)22(14,20)21/h3-6H,7-8H2,1-2H3,(H,17,18)(H2,14,20,21)(H2,15,16,19). The van der Waals surface area contributed by atoms with Gasteiger partial charge in [-0.1, -0.05) is 0 Å². The first-order valence-electron chi connectivity index (χ1n) is 6.43. The lowest BCUT2D eigenvalue weighted by atomic mass is 9.99. The minimum atomic E-state index is -3.78. The summed E-state index contributed by atoms with van der Waals surface area (Å²) in [5.74, 6) is -0.936. The molecule has 1 aromatic carbocycles. The molecule has 0 aliphatic heterocycles. The van der Waals surface area contributed by atoms with Gasteiger partial charge in [0.2, 0.25) is 10.0 Å². The number of carboxylic acid groups (broad SMARTS) is 1. The van der Waals surface area contributed by atoms with Gasteiger partial charge in [0.05, 0.1) is 4.90 Å². The van der Waals surface area contributed by atoms with E-state index in [0.717, 1.165) is 0 Å². The Hall–Kier alpha value is -2.13. The maximum absolute atomic E-state index is 11.8. The molecule has 0 spiro atoms. The van der Waals surface area contributed by atoms with E-state index in [1.165, 1.54) is 24.3 Å². The lowest BCUT2D eigenvalue weighted by Gasteiger charge is -2.25. The second-order valence-corrected chi connectivity index (χ2v) is 6.99. The Morgan fingerprint density at radius 3 is 2.23 bits per heavy atom. The molecular formula is C13H19N3O5S. The Morgan fingerprint density at radius 1 is 1.23 bits per heavy atom. The van der Waals surface area contributed by atoms with Crippen LogP contribution in [0.15, 0.2) is 29.2 Å². The van der Waals surface area contributed by atoms with Gasteiger partial charge in [-0.15, -0.1) is 0 Å². The number of carboxylic acids is 1. The molecule has 0 fully saturated rings. The van der Waals surface area contributed by atoms with Gasteiger partial charge in [-0.2, -0.15) is 0 Å². The van der Waals surface area contributed by atoms with E-state index in [1.54, 1.807) is 13.8 Å². The third kappa shape index (κ3) is 6.10. The molecule has 0 atom stereocenters. The van der Waals surface area contributed by atoms with Gasteiger partial charge >= 0.3 is 12.0 Å². The molecule has 0 saturated heterocycles. The van der Waals surface area contributed by atoms with Gasteiger partial charge in [0.15, 0.2) is 0 Å². The van der Waals surface area contributed by atoms with Gasteiger partial charge < -0.3 is 15.7 Å². The first-order valence-corrected chi connectivity index (χ1v) is 7.98. The van der Waals surface area contributed by atoms with Crippen LogP contribution in [-0.2, 0) is 14.8 Å². The molecule has 1 rings (SSSR count). The molecule has 0 bridgehead atoms. The molecule has 22 heavy (non-hydrogen) atoms. The highest BCUT2D eigenvalue weighted by atomic mass is 32.2. The molecule has 9 heteroatoms. The van der Waals surface area contributed by atoms with Gasteiger partial charge in [-0.05, 0) is 44.5 Å². The van der Waals surface area contributed by atoms with E-state index in [2.05, 4.69) is 10.6 Å². The number of nitrogens with two attached hydrogens (primary N) is 1. The van der Waals surface area contributed by atoms with E-state index in [-0.39, 0.29) is 17.7 Å². The fraction of sp³-hybridized carbons (Fsp3) is 0.385. The SMILES string of the molecule is CC(C)(CCC(=O)O)NC(=O)Nc1ccc(S(N)(=O)=O)cc1. The number of sulfonamides is 1. The first-order chi connectivity index (χ1) is 9.99. The summed E-state index contributed by atoms with van der Waals surface area (Å²) >= 11 is 0. The van der Waals surface area contributed by atoms with Gasteiger partial charge in [-0.3, -0.25) is 4.79 Å². The number of carbonyl (C=O) groups is 2. The number of nitrogens with one attached hydrogen (secondary N) is 2. The van der Waals surface area contributed by atoms with Crippen LogP contribution in [0.3, 0.4) is 0 Å². The van der Waals surface area contributed by atoms with Crippen LogP contribution in [-0.4, -0.2) is 31.1 Å². The number of hydrogen-bond donors (Lipinski definition) is 4. The van der Waals surface area contributed by atoms with Crippen LogP contribution in [0.25, 0.3) is 0 Å². The molecule has 8 nitrogen and oxygen atoms in total. The minimum Gasteiger partial charge on any atom is -0.481 e. The Labute approximate surface area is 128 Å². The Bertz CT molecular complexity index is 653. The molecule has 1 aromatic rings. The van der Waals surface area contributed by atoms with Crippen molar-refractivity contribution < 1.29 is 23.1 Å². The minimum absolute atomic E-state index is 0.0553. The number of amides is 2.